The van der Waals surface area contributed by atoms with Crippen molar-refractivity contribution >= 4 is 22.6 Å². The first-order chi connectivity index (χ1) is 10.1. The highest BCUT2D eigenvalue weighted by atomic mass is 127. The second kappa shape index (κ2) is 6.93. The first-order valence-electron chi connectivity index (χ1n) is 6.61. The van der Waals surface area contributed by atoms with E-state index in [9.17, 15) is 4.79 Å². The summed E-state index contributed by atoms with van der Waals surface area (Å²) in [6, 6.07) is 5.41. The van der Waals surface area contributed by atoms with Crippen molar-refractivity contribution in [3.05, 3.63) is 37.8 Å². The molecule has 0 radical (unpaired) electrons. The Morgan fingerprint density at radius 1 is 1.29 bits per heavy atom. The van der Waals surface area contributed by atoms with E-state index in [1.165, 1.54) is 0 Å². The molecule has 1 heterocycles. The van der Waals surface area contributed by atoms with E-state index in [2.05, 4.69) is 16.9 Å². The summed E-state index contributed by atoms with van der Waals surface area (Å²) in [5.41, 5.74) is 1.39. The van der Waals surface area contributed by atoms with Crippen molar-refractivity contribution in [2.75, 3.05) is 14.2 Å². The molecule has 0 unspecified atom stereocenters. The maximum Gasteiger partial charge on any atom is 0.264 e. The molecule has 2 aromatic rings. The number of hydrogen-bond acceptors (Lipinski definition) is 4. The minimum atomic E-state index is -0.131. The van der Waals surface area contributed by atoms with Gasteiger partial charge >= 0.3 is 0 Å². The molecular formula is C15H17IN2O3. The SMILES string of the molecule is CCCc1nc(-c2cc(OC)ccc2OC)[nH]c(=O)c1I. The summed E-state index contributed by atoms with van der Waals surface area (Å²) in [5.74, 6) is 1.83. The summed E-state index contributed by atoms with van der Waals surface area (Å²) < 4.78 is 11.2. The van der Waals surface area contributed by atoms with Crippen molar-refractivity contribution in [1.82, 2.24) is 9.97 Å². The normalized spacial score (nSPS) is 10.5. The lowest BCUT2D eigenvalue weighted by Gasteiger charge is -2.11. The topological polar surface area (TPSA) is 64.2 Å². The summed E-state index contributed by atoms with van der Waals surface area (Å²) in [6.07, 6.45) is 1.70. The van der Waals surface area contributed by atoms with Crippen LogP contribution in [0.3, 0.4) is 0 Å². The fourth-order valence-electron chi connectivity index (χ4n) is 2.03. The van der Waals surface area contributed by atoms with Gasteiger partial charge in [0.2, 0.25) is 0 Å². The van der Waals surface area contributed by atoms with Crippen molar-refractivity contribution in [3.63, 3.8) is 0 Å². The smallest absolute Gasteiger partial charge is 0.264 e. The summed E-state index contributed by atoms with van der Waals surface area (Å²) in [7, 11) is 3.18. The number of aromatic amines is 1. The Kier molecular flexibility index (Phi) is 5.22. The average Bonchev–Trinajstić information content (AvgIpc) is 2.51. The van der Waals surface area contributed by atoms with Gasteiger partial charge in [-0.3, -0.25) is 4.79 Å². The van der Waals surface area contributed by atoms with Crippen LogP contribution in [0.15, 0.2) is 23.0 Å². The molecule has 21 heavy (non-hydrogen) atoms. The number of nitrogens with zero attached hydrogens (tertiary/aromatic N) is 1. The molecule has 0 fully saturated rings. The number of ether oxygens (including phenoxy) is 2. The van der Waals surface area contributed by atoms with E-state index < -0.39 is 0 Å². The summed E-state index contributed by atoms with van der Waals surface area (Å²) in [4.78, 5) is 19.5. The Morgan fingerprint density at radius 3 is 2.67 bits per heavy atom. The molecular weight excluding hydrogens is 383 g/mol. The third-order valence-electron chi connectivity index (χ3n) is 3.08. The van der Waals surface area contributed by atoms with Gasteiger partial charge in [-0.05, 0) is 47.2 Å². The van der Waals surface area contributed by atoms with Crippen LogP contribution in [0, 0.1) is 3.57 Å². The zero-order chi connectivity index (χ0) is 15.4. The van der Waals surface area contributed by atoms with E-state index in [1.54, 1.807) is 32.4 Å². The van der Waals surface area contributed by atoms with Crippen molar-refractivity contribution in [2.45, 2.75) is 19.8 Å². The number of aromatic nitrogens is 2. The van der Waals surface area contributed by atoms with Gasteiger partial charge in [0, 0.05) is 0 Å². The molecule has 6 heteroatoms. The van der Waals surface area contributed by atoms with E-state index in [1.807, 2.05) is 22.6 Å². The number of H-pyrrole nitrogens is 1. The Morgan fingerprint density at radius 2 is 2.05 bits per heavy atom. The molecule has 0 atom stereocenters. The number of rotatable bonds is 5. The number of methoxy groups -OCH3 is 2. The summed E-state index contributed by atoms with van der Waals surface area (Å²) >= 11 is 2.03. The van der Waals surface area contributed by atoms with Crippen LogP contribution >= 0.6 is 22.6 Å². The lowest BCUT2D eigenvalue weighted by atomic mass is 10.1. The molecule has 0 spiro atoms. The molecule has 0 amide bonds. The lowest BCUT2D eigenvalue weighted by Crippen LogP contribution is -2.16. The largest absolute Gasteiger partial charge is 0.497 e. The second-order valence-electron chi connectivity index (χ2n) is 4.49. The highest BCUT2D eigenvalue weighted by molar-refractivity contribution is 14.1. The van der Waals surface area contributed by atoms with Crippen LogP contribution in [-0.4, -0.2) is 24.2 Å². The predicted octanol–water partition coefficient (Wildman–Crippen LogP) is 3.01. The van der Waals surface area contributed by atoms with E-state index in [-0.39, 0.29) is 5.56 Å². The highest BCUT2D eigenvalue weighted by Crippen LogP contribution is 2.31. The minimum Gasteiger partial charge on any atom is -0.497 e. The van der Waals surface area contributed by atoms with Gasteiger partial charge in [0.25, 0.3) is 5.56 Å². The number of nitrogens with one attached hydrogen (secondary N) is 1. The minimum absolute atomic E-state index is 0.131. The van der Waals surface area contributed by atoms with Crippen LogP contribution in [-0.2, 0) is 6.42 Å². The standard InChI is InChI=1S/C15H17IN2O3/c1-4-5-11-13(16)15(19)18-14(17-11)10-8-9(20-2)6-7-12(10)21-3/h6-8H,4-5H2,1-3H3,(H,17,18,19). The van der Waals surface area contributed by atoms with Crippen molar-refractivity contribution < 1.29 is 9.47 Å². The molecule has 1 N–H and O–H groups in total. The first-order valence-corrected chi connectivity index (χ1v) is 7.69. The molecule has 1 aromatic carbocycles. The molecule has 5 nitrogen and oxygen atoms in total. The van der Waals surface area contributed by atoms with Crippen LogP contribution in [0.5, 0.6) is 11.5 Å². The number of hydrogen-bond donors (Lipinski definition) is 1. The van der Waals surface area contributed by atoms with Gasteiger partial charge < -0.3 is 14.5 Å². The Bertz CT molecular complexity index is 698. The molecule has 2 rings (SSSR count). The van der Waals surface area contributed by atoms with E-state index in [0.717, 1.165) is 18.5 Å². The Labute approximate surface area is 136 Å². The van der Waals surface area contributed by atoms with Gasteiger partial charge in [0.1, 0.15) is 17.3 Å². The summed E-state index contributed by atoms with van der Waals surface area (Å²) in [6.45, 7) is 2.06. The van der Waals surface area contributed by atoms with E-state index in [4.69, 9.17) is 9.47 Å². The fourth-order valence-corrected chi connectivity index (χ4v) is 2.56. The van der Waals surface area contributed by atoms with Crippen LogP contribution in [0.4, 0.5) is 0 Å². The van der Waals surface area contributed by atoms with Gasteiger partial charge in [-0.2, -0.15) is 0 Å². The average molecular weight is 400 g/mol. The zero-order valence-corrected chi connectivity index (χ0v) is 14.4. The number of benzene rings is 1. The highest BCUT2D eigenvalue weighted by Gasteiger charge is 2.14. The monoisotopic (exact) mass is 400 g/mol. The number of aryl methyl sites for hydroxylation is 1. The Balaban J connectivity index is 2.63. The third kappa shape index (κ3) is 3.37. The van der Waals surface area contributed by atoms with Crippen molar-refractivity contribution in [2.24, 2.45) is 0 Å². The zero-order valence-electron chi connectivity index (χ0n) is 12.2. The molecule has 0 aliphatic rings. The Hall–Kier alpha value is -1.57. The van der Waals surface area contributed by atoms with Gasteiger partial charge in [-0.1, -0.05) is 13.3 Å². The third-order valence-corrected chi connectivity index (χ3v) is 4.19. The van der Waals surface area contributed by atoms with Gasteiger partial charge in [-0.15, -0.1) is 0 Å². The molecule has 0 aliphatic heterocycles. The fraction of sp³-hybridized carbons (Fsp3) is 0.333. The predicted molar refractivity (Wildman–Crippen MR) is 90.1 cm³/mol. The maximum atomic E-state index is 12.1. The van der Waals surface area contributed by atoms with Gasteiger partial charge in [0.05, 0.1) is 29.0 Å². The molecule has 0 saturated carbocycles. The van der Waals surface area contributed by atoms with Gasteiger partial charge in [-0.25, -0.2) is 4.98 Å². The molecule has 0 saturated heterocycles. The van der Waals surface area contributed by atoms with Crippen molar-refractivity contribution in [1.29, 1.82) is 0 Å². The van der Waals surface area contributed by atoms with Gasteiger partial charge in [0.15, 0.2) is 0 Å². The first kappa shape index (κ1) is 15.8. The second-order valence-corrected chi connectivity index (χ2v) is 5.57. The maximum absolute atomic E-state index is 12.1. The van der Waals surface area contributed by atoms with Crippen LogP contribution in [0.25, 0.3) is 11.4 Å². The molecule has 0 aliphatic carbocycles. The summed E-state index contributed by atoms with van der Waals surface area (Å²) in [5, 5.41) is 0. The van der Waals surface area contributed by atoms with Crippen LogP contribution in [0.2, 0.25) is 0 Å². The van der Waals surface area contributed by atoms with E-state index >= 15 is 0 Å². The quantitative estimate of drug-likeness (QED) is 0.784. The van der Waals surface area contributed by atoms with Crippen molar-refractivity contribution in [3.8, 4) is 22.9 Å². The van der Waals surface area contributed by atoms with E-state index in [0.29, 0.717) is 26.5 Å². The molecule has 1 aromatic heterocycles. The van der Waals surface area contributed by atoms with Crippen LogP contribution < -0.4 is 15.0 Å². The molecule has 112 valence electrons. The van der Waals surface area contributed by atoms with Crippen LogP contribution in [0.1, 0.15) is 19.0 Å². The lowest BCUT2D eigenvalue weighted by molar-refractivity contribution is 0.404. The number of halogens is 1. The molecule has 0 bridgehead atoms.